The summed E-state index contributed by atoms with van der Waals surface area (Å²) >= 11 is 0. The molecule has 2 aromatic carbocycles. The smallest absolute Gasteiger partial charge is 0.192 e. The molecule has 1 aliphatic rings. The molecule has 1 unspecified atom stereocenters. The van der Waals surface area contributed by atoms with Crippen LogP contribution < -0.4 is 5.43 Å². The van der Waals surface area contributed by atoms with Crippen LogP contribution in [-0.2, 0) is 0 Å². The minimum atomic E-state index is -1.29. The highest BCUT2D eigenvalue weighted by molar-refractivity contribution is 5.71. The Morgan fingerprint density at radius 1 is 0.870 bits per heavy atom. The molecule has 2 atom stereocenters. The number of hydrogen-bond donors (Lipinski definition) is 2. The van der Waals surface area contributed by atoms with Crippen LogP contribution in [0.4, 0.5) is 0 Å². The lowest BCUT2D eigenvalue weighted by molar-refractivity contribution is 0.0137. The van der Waals surface area contributed by atoms with Gasteiger partial charge in [0.2, 0.25) is 0 Å². The van der Waals surface area contributed by atoms with E-state index in [9.17, 15) is 15.0 Å². The molecule has 3 aromatic rings. The standard InChI is InChI=1S/C19H14O4/c20-14-10-15(11-6-2-1-3-7-11)23-19-13-9-5-4-8-12(13)17(21)18(22)16(14)19/h1-10,17-18,21-22H/t17?,18-/m1/s1. The lowest BCUT2D eigenvalue weighted by Crippen LogP contribution is -2.24. The van der Waals surface area contributed by atoms with Gasteiger partial charge < -0.3 is 14.6 Å². The van der Waals surface area contributed by atoms with E-state index in [0.29, 0.717) is 22.6 Å². The molecule has 0 spiro atoms. The van der Waals surface area contributed by atoms with Crippen molar-refractivity contribution in [2.45, 2.75) is 12.2 Å². The topological polar surface area (TPSA) is 70.7 Å². The van der Waals surface area contributed by atoms with Gasteiger partial charge in [-0.3, -0.25) is 4.79 Å². The maximum absolute atomic E-state index is 12.5. The maximum Gasteiger partial charge on any atom is 0.192 e. The zero-order valence-electron chi connectivity index (χ0n) is 12.1. The van der Waals surface area contributed by atoms with E-state index < -0.39 is 12.2 Å². The Balaban J connectivity index is 2.02. The highest BCUT2D eigenvalue weighted by Crippen LogP contribution is 2.43. The normalized spacial score (nSPS) is 19.0. The first-order valence-corrected chi connectivity index (χ1v) is 7.35. The van der Waals surface area contributed by atoms with E-state index in [0.717, 1.165) is 5.56 Å². The van der Waals surface area contributed by atoms with Crippen LogP contribution in [0, 0.1) is 0 Å². The third kappa shape index (κ3) is 2.11. The van der Waals surface area contributed by atoms with E-state index in [4.69, 9.17) is 4.42 Å². The molecule has 1 aromatic heterocycles. The molecule has 0 fully saturated rings. The quantitative estimate of drug-likeness (QED) is 0.725. The Labute approximate surface area is 132 Å². The van der Waals surface area contributed by atoms with Gasteiger partial charge in [-0.25, -0.2) is 0 Å². The van der Waals surface area contributed by atoms with Gasteiger partial charge in [0.25, 0.3) is 0 Å². The Bertz CT molecular complexity index is 928. The second-order valence-electron chi connectivity index (χ2n) is 5.56. The van der Waals surface area contributed by atoms with Crippen LogP contribution in [0.2, 0.25) is 0 Å². The summed E-state index contributed by atoms with van der Waals surface area (Å²) in [6.07, 6.45) is -2.43. The number of benzene rings is 2. The van der Waals surface area contributed by atoms with Crippen LogP contribution >= 0.6 is 0 Å². The second kappa shape index (κ2) is 5.19. The first-order valence-electron chi connectivity index (χ1n) is 7.35. The van der Waals surface area contributed by atoms with E-state index in [1.807, 2.05) is 36.4 Å². The van der Waals surface area contributed by atoms with Gasteiger partial charge in [-0.2, -0.15) is 0 Å². The number of fused-ring (bicyclic) bond motifs is 3. The molecule has 114 valence electrons. The molecular formula is C19H14O4. The zero-order valence-corrected chi connectivity index (χ0v) is 12.1. The van der Waals surface area contributed by atoms with Crippen LogP contribution in [0.3, 0.4) is 0 Å². The predicted molar refractivity (Wildman–Crippen MR) is 85.8 cm³/mol. The molecule has 0 aliphatic heterocycles. The second-order valence-corrected chi connectivity index (χ2v) is 5.56. The molecule has 4 nitrogen and oxygen atoms in total. The fourth-order valence-electron chi connectivity index (χ4n) is 3.02. The van der Waals surface area contributed by atoms with E-state index in [1.165, 1.54) is 6.07 Å². The summed E-state index contributed by atoms with van der Waals surface area (Å²) in [6, 6.07) is 17.8. The maximum atomic E-state index is 12.5. The number of aliphatic hydroxyl groups is 2. The molecule has 4 rings (SSSR count). The summed E-state index contributed by atoms with van der Waals surface area (Å²) in [5.41, 5.74) is 1.74. The average molecular weight is 306 g/mol. The molecular weight excluding hydrogens is 292 g/mol. The zero-order chi connectivity index (χ0) is 16.0. The van der Waals surface area contributed by atoms with Crippen molar-refractivity contribution >= 4 is 0 Å². The molecule has 4 heteroatoms. The van der Waals surface area contributed by atoms with Crippen molar-refractivity contribution in [2.75, 3.05) is 0 Å². The van der Waals surface area contributed by atoms with Gasteiger partial charge in [0.05, 0.1) is 5.56 Å². The highest BCUT2D eigenvalue weighted by atomic mass is 16.4. The first kappa shape index (κ1) is 13.9. The molecule has 0 saturated heterocycles. The minimum Gasteiger partial charge on any atom is -0.455 e. The summed E-state index contributed by atoms with van der Waals surface area (Å²) < 4.78 is 5.94. The van der Waals surface area contributed by atoms with Gasteiger partial charge in [0.15, 0.2) is 5.43 Å². The lowest BCUT2D eigenvalue weighted by atomic mass is 9.85. The van der Waals surface area contributed by atoms with E-state index in [-0.39, 0.29) is 11.0 Å². The van der Waals surface area contributed by atoms with Gasteiger partial charge in [0.1, 0.15) is 23.7 Å². The van der Waals surface area contributed by atoms with E-state index >= 15 is 0 Å². The molecule has 0 bridgehead atoms. The van der Waals surface area contributed by atoms with Crippen LogP contribution in [0.1, 0.15) is 23.3 Å². The lowest BCUT2D eigenvalue weighted by Gasteiger charge is -2.27. The van der Waals surface area contributed by atoms with Gasteiger partial charge in [0, 0.05) is 17.2 Å². The first-order chi connectivity index (χ1) is 11.2. The van der Waals surface area contributed by atoms with E-state index in [1.54, 1.807) is 18.2 Å². The van der Waals surface area contributed by atoms with Crippen molar-refractivity contribution in [1.29, 1.82) is 0 Å². The van der Waals surface area contributed by atoms with Crippen molar-refractivity contribution in [2.24, 2.45) is 0 Å². The van der Waals surface area contributed by atoms with Gasteiger partial charge >= 0.3 is 0 Å². The number of aliphatic hydroxyl groups excluding tert-OH is 2. The van der Waals surface area contributed by atoms with Gasteiger partial charge in [-0.15, -0.1) is 0 Å². The fraction of sp³-hybridized carbons (Fsp3) is 0.105. The Kier molecular flexibility index (Phi) is 3.15. The van der Waals surface area contributed by atoms with Crippen molar-refractivity contribution in [3.05, 3.63) is 82.0 Å². The average Bonchev–Trinajstić information content (AvgIpc) is 2.60. The largest absolute Gasteiger partial charge is 0.455 e. The molecule has 0 saturated carbocycles. The van der Waals surface area contributed by atoms with E-state index in [2.05, 4.69) is 0 Å². The summed E-state index contributed by atoms with van der Waals surface area (Å²) in [4.78, 5) is 12.5. The summed E-state index contributed by atoms with van der Waals surface area (Å²) in [7, 11) is 0. The summed E-state index contributed by atoms with van der Waals surface area (Å²) in [5.74, 6) is 0.762. The highest BCUT2D eigenvalue weighted by Gasteiger charge is 2.35. The van der Waals surface area contributed by atoms with Crippen LogP contribution in [-0.4, -0.2) is 10.2 Å². The van der Waals surface area contributed by atoms with Crippen molar-refractivity contribution < 1.29 is 14.6 Å². The van der Waals surface area contributed by atoms with Crippen LogP contribution in [0.15, 0.2) is 69.9 Å². The van der Waals surface area contributed by atoms with Crippen LogP contribution in [0.5, 0.6) is 0 Å². The number of rotatable bonds is 1. The Morgan fingerprint density at radius 3 is 2.35 bits per heavy atom. The van der Waals surface area contributed by atoms with Crippen LogP contribution in [0.25, 0.3) is 22.6 Å². The summed E-state index contributed by atoms with van der Waals surface area (Å²) in [6.45, 7) is 0. The van der Waals surface area contributed by atoms with Gasteiger partial charge in [-0.05, 0) is 5.56 Å². The fourth-order valence-corrected chi connectivity index (χ4v) is 3.02. The molecule has 23 heavy (non-hydrogen) atoms. The third-order valence-electron chi connectivity index (χ3n) is 4.16. The predicted octanol–water partition coefficient (Wildman–Crippen LogP) is 3.05. The van der Waals surface area contributed by atoms with Crippen molar-refractivity contribution in [3.8, 4) is 22.6 Å². The number of hydrogen-bond acceptors (Lipinski definition) is 4. The van der Waals surface area contributed by atoms with Crippen molar-refractivity contribution in [1.82, 2.24) is 0 Å². The summed E-state index contributed by atoms with van der Waals surface area (Å²) in [5, 5.41) is 20.6. The minimum absolute atomic E-state index is 0.107. The Morgan fingerprint density at radius 2 is 1.57 bits per heavy atom. The monoisotopic (exact) mass is 306 g/mol. The SMILES string of the molecule is O=c1cc(-c2ccccc2)oc2c1[C@@H](O)C(O)c1ccccc1-2. The molecule has 2 N–H and O–H groups in total. The van der Waals surface area contributed by atoms with Gasteiger partial charge in [-0.1, -0.05) is 54.6 Å². The van der Waals surface area contributed by atoms with Crippen molar-refractivity contribution in [3.63, 3.8) is 0 Å². The molecule has 1 aliphatic carbocycles. The Hall–Kier alpha value is -2.69. The molecule has 1 heterocycles. The third-order valence-corrected chi connectivity index (χ3v) is 4.16. The molecule has 0 amide bonds. The molecule has 0 radical (unpaired) electrons.